The minimum Gasteiger partial charge on any atom is -0.456 e. The summed E-state index contributed by atoms with van der Waals surface area (Å²) in [5.41, 5.74) is 7.01. The van der Waals surface area contributed by atoms with Gasteiger partial charge in [-0.15, -0.1) is 0 Å². The van der Waals surface area contributed by atoms with E-state index in [0.29, 0.717) is 0 Å². The number of rotatable bonds is 1. The van der Waals surface area contributed by atoms with Crippen molar-refractivity contribution in [3.8, 4) is 5.69 Å². The van der Waals surface area contributed by atoms with Crippen LogP contribution >= 0.6 is 0 Å². The lowest BCUT2D eigenvalue weighted by molar-refractivity contribution is 0.668. The van der Waals surface area contributed by atoms with E-state index < -0.39 is 0 Å². The highest BCUT2D eigenvalue weighted by atomic mass is 16.3. The molecule has 3 nitrogen and oxygen atoms in total. The lowest BCUT2D eigenvalue weighted by Gasteiger charge is -2.13. The largest absolute Gasteiger partial charge is 0.456 e. The summed E-state index contributed by atoms with van der Waals surface area (Å²) >= 11 is 0. The average Bonchev–Trinajstić information content (AvgIpc) is 3.61. The van der Waals surface area contributed by atoms with Crippen LogP contribution in [0.25, 0.3) is 82.1 Å². The number of benzene rings is 6. The summed E-state index contributed by atoms with van der Waals surface area (Å²) in [4.78, 5) is 0. The zero-order valence-electron chi connectivity index (χ0n) is 19.7. The third-order valence-corrected chi connectivity index (χ3v) is 7.78. The Morgan fingerprint density at radius 2 is 0.919 bits per heavy atom. The second-order valence-corrected chi connectivity index (χ2v) is 9.70. The van der Waals surface area contributed by atoms with Gasteiger partial charge < -0.3 is 13.4 Å². The molecule has 37 heavy (non-hydrogen) atoms. The molecule has 9 rings (SSSR count). The number of hydrogen-bond acceptors (Lipinski definition) is 2. The molecule has 0 aliphatic carbocycles. The summed E-state index contributed by atoms with van der Waals surface area (Å²) in [6.45, 7) is 0. The van der Waals surface area contributed by atoms with Crippen molar-refractivity contribution < 1.29 is 8.83 Å². The topological polar surface area (TPSA) is 31.2 Å². The zero-order chi connectivity index (χ0) is 24.1. The minimum absolute atomic E-state index is 0.887. The van der Waals surface area contributed by atoms with Crippen molar-refractivity contribution >= 4 is 76.5 Å². The molecule has 0 radical (unpaired) electrons. The fourth-order valence-corrected chi connectivity index (χ4v) is 6.29. The molecule has 0 aliphatic rings. The highest BCUT2D eigenvalue weighted by molar-refractivity contribution is 6.30. The highest BCUT2D eigenvalue weighted by Crippen LogP contribution is 2.45. The molecular weight excluding hydrogens is 454 g/mol. The smallest absolute Gasteiger partial charge is 0.138 e. The van der Waals surface area contributed by atoms with Crippen LogP contribution in [-0.2, 0) is 0 Å². The van der Waals surface area contributed by atoms with Crippen molar-refractivity contribution in [1.82, 2.24) is 4.57 Å². The van der Waals surface area contributed by atoms with Crippen LogP contribution in [0.3, 0.4) is 0 Å². The maximum Gasteiger partial charge on any atom is 0.138 e. The molecule has 0 unspecified atom stereocenters. The number of aromatic nitrogens is 1. The summed E-state index contributed by atoms with van der Waals surface area (Å²) in [6.07, 6.45) is 0. The van der Waals surface area contributed by atoms with Crippen molar-refractivity contribution in [3.63, 3.8) is 0 Å². The van der Waals surface area contributed by atoms with Crippen molar-refractivity contribution in [2.45, 2.75) is 0 Å². The fraction of sp³-hybridized carbons (Fsp3) is 0. The van der Waals surface area contributed by atoms with Gasteiger partial charge in [0, 0.05) is 43.8 Å². The number of furan rings is 2. The molecule has 0 spiro atoms. The maximum atomic E-state index is 6.47. The summed E-state index contributed by atoms with van der Waals surface area (Å²) in [5.74, 6) is 0. The summed E-state index contributed by atoms with van der Waals surface area (Å²) in [7, 11) is 0. The van der Waals surface area contributed by atoms with Crippen LogP contribution in [0.1, 0.15) is 0 Å². The molecule has 3 heteroatoms. The quantitative estimate of drug-likeness (QED) is 0.238. The van der Waals surface area contributed by atoms with Crippen LogP contribution < -0.4 is 0 Å². The number of fused-ring (bicyclic) bond motifs is 12. The second kappa shape index (κ2) is 6.80. The van der Waals surface area contributed by atoms with E-state index in [-0.39, 0.29) is 0 Å². The van der Waals surface area contributed by atoms with Crippen LogP contribution in [0.5, 0.6) is 0 Å². The molecule has 0 N–H and O–H groups in total. The molecule has 0 fully saturated rings. The first-order chi connectivity index (χ1) is 18.4. The van der Waals surface area contributed by atoms with E-state index >= 15 is 0 Å². The lowest BCUT2D eigenvalue weighted by atomic mass is 9.97. The van der Waals surface area contributed by atoms with E-state index in [0.717, 1.165) is 49.6 Å². The fourth-order valence-electron chi connectivity index (χ4n) is 6.29. The van der Waals surface area contributed by atoms with E-state index in [1.807, 2.05) is 24.3 Å². The second-order valence-electron chi connectivity index (χ2n) is 9.70. The van der Waals surface area contributed by atoms with Crippen LogP contribution in [0.15, 0.2) is 124 Å². The first kappa shape index (κ1) is 19.2. The SMILES string of the molecule is c1ccc2c(c1)oc1cc(-n3c4ccccc4c4ccccc43)c3c(ccc4oc5ccccc5c43)c12. The van der Waals surface area contributed by atoms with Crippen LogP contribution in [0.2, 0.25) is 0 Å². The summed E-state index contributed by atoms with van der Waals surface area (Å²) < 4.78 is 15.2. The Bertz CT molecular complexity index is 2300. The van der Waals surface area contributed by atoms with Gasteiger partial charge in [0.05, 0.1) is 16.7 Å². The third kappa shape index (κ3) is 2.41. The lowest BCUT2D eigenvalue weighted by Crippen LogP contribution is -1.96. The van der Waals surface area contributed by atoms with E-state index in [4.69, 9.17) is 8.83 Å². The van der Waals surface area contributed by atoms with Gasteiger partial charge in [-0.25, -0.2) is 0 Å². The molecule has 3 heterocycles. The van der Waals surface area contributed by atoms with Gasteiger partial charge in [0.2, 0.25) is 0 Å². The van der Waals surface area contributed by atoms with E-state index in [9.17, 15) is 0 Å². The van der Waals surface area contributed by atoms with Gasteiger partial charge in [0.25, 0.3) is 0 Å². The predicted octanol–water partition coefficient (Wildman–Crippen LogP) is 9.74. The first-order valence-electron chi connectivity index (χ1n) is 12.5. The van der Waals surface area contributed by atoms with Crippen molar-refractivity contribution in [2.75, 3.05) is 0 Å². The van der Waals surface area contributed by atoms with Gasteiger partial charge in [-0.05, 0) is 41.8 Å². The maximum absolute atomic E-state index is 6.47. The first-order valence-corrected chi connectivity index (χ1v) is 12.5. The molecular formula is C34H19NO2. The molecule has 0 aliphatic heterocycles. The zero-order valence-corrected chi connectivity index (χ0v) is 19.7. The number of para-hydroxylation sites is 4. The van der Waals surface area contributed by atoms with Crippen molar-refractivity contribution in [1.29, 1.82) is 0 Å². The molecule has 0 bridgehead atoms. The average molecular weight is 474 g/mol. The van der Waals surface area contributed by atoms with E-state index in [1.54, 1.807) is 0 Å². The molecule has 3 aromatic heterocycles. The standard InChI is InChI=1S/C34H19NO2/c1-5-13-25-20(9-1)21-10-2-6-14-26(21)35(25)27-19-31-32(22-11-3-7-15-28(22)37-31)24-17-18-30-34(33(24)27)23-12-4-8-16-29(23)36-30/h1-19H. The highest BCUT2D eigenvalue weighted by Gasteiger charge is 2.22. The third-order valence-electron chi connectivity index (χ3n) is 7.78. The van der Waals surface area contributed by atoms with Gasteiger partial charge in [0.15, 0.2) is 0 Å². The Kier molecular flexibility index (Phi) is 3.53. The molecule has 9 aromatic rings. The molecule has 0 saturated heterocycles. The van der Waals surface area contributed by atoms with Crippen molar-refractivity contribution in [2.24, 2.45) is 0 Å². The van der Waals surface area contributed by atoms with Crippen LogP contribution in [-0.4, -0.2) is 4.57 Å². The van der Waals surface area contributed by atoms with Gasteiger partial charge in [0.1, 0.15) is 22.3 Å². The molecule has 0 saturated carbocycles. The molecule has 0 amide bonds. The number of hydrogen-bond donors (Lipinski definition) is 0. The predicted molar refractivity (Wildman–Crippen MR) is 153 cm³/mol. The molecule has 172 valence electrons. The van der Waals surface area contributed by atoms with Gasteiger partial charge in [-0.2, -0.15) is 0 Å². The monoisotopic (exact) mass is 473 g/mol. The van der Waals surface area contributed by atoms with Gasteiger partial charge in [-0.3, -0.25) is 0 Å². The van der Waals surface area contributed by atoms with Gasteiger partial charge in [-0.1, -0.05) is 72.8 Å². The Morgan fingerprint density at radius 3 is 1.59 bits per heavy atom. The Hall–Kier alpha value is -5.02. The normalized spacial score (nSPS) is 12.3. The van der Waals surface area contributed by atoms with Crippen molar-refractivity contribution in [3.05, 3.63) is 115 Å². The number of nitrogens with zero attached hydrogens (tertiary/aromatic N) is 1. The van der Waals surface area contributed by atoms with E-state index in [2.05, 4.69) is 95.6 Å². The van der Waals surface area contributed by atoms with Crippen LogP contribution in [0, 0.1) is 0 Å². The molecule has 0 atom stereocenters. The van der Waals surface area contributed by atoms with Gasteiger partial charge >= 0.3 is 0 Å². The Morgan fingerprint density at radius 1 is 0.378 bits per heavy atom. The minimum atomic E-state index is 0.887. The van der Waals surface area contributed by atoms with Crippen LogP contribution in [0.4, 0.5) is 0 Å². The molecule has 6 aromatic carbocycles. The summed E-state index contributed by atoms with van der Waals surface area (Å²) in [6, 6.07) is 40.4. The Balaban J connectivity index is 1.61. The summed E-state index contributed by atoms with van der Waals surface area (Å²) in [5, 5.41) is 9.34. The van der Waals surface area contributed by atoms with E-state index in [1.165, 1.54) is 32.6 Å². The Labute approximate surface area is 210 Å².